The van der Waals surface area contributed by atoms with Crippen molar-refractivity contribution in [2.24, 2.45) is 0 Å². The maximum atomic E-state index is 11.4. The van der Waals surface area contributed by atoms with Crippen molar-refractivity contribution in [3.8, 4) is 16.3 Å². The zero-order valence-corrected chi connectivity index (χ0v) is 12.4. The van der Waals surface area contributed by atoms with E-state index in [1.807, 2.05) is 49.6 Å². The number of carboxylic acids is 1. The van der Waals surface area contributed by atoms with E-state index in [1.54, 1.807) is 4.68 Å². The third-order valence-electron chi connectivity index (χ3n) is 3.22. The Morgan fingerprint density at radius 2 is 2.10 bits per heavy atom. The number of aryl methyl sites for hydroxylation is 2. The molecule has 3 aromatic rings. The molecule has 0 aliphatic carbocycles. The van der Waals surface area contributed by atoms with Crippen molar-refractivity contribution in [1.82, 2.24) is 15.0 Å². The number of carbonyl (C=O) groups is 1. The zero-order chi connectivity index (χ0) is 15.0. The molecule has 6 heteroatoms. The number of carboxylic acid groups (broad SMARTS) is 1. The average Bonchev–Trinajstić information content (AvgIpc) is 3.08. The Bertz CT molecular complexity index is 806. The summed E-state index contributed by atoms with van der Waals surface area (Å²) in [6.45, 7) is 3.96. The Labute approximate surface area is 125 Å². The molecule has 2 aromatic heterocycles. The molecule has 21 heavy (non-hydrogen) atoms. The minimum Gasteiger partial charge on any atom is -0.476 e. The van der Waals surface area contributed by atoms with Gasteiger partial charge in [-0.25, -0.2) is 9.48 Å². The normalized spacial score (nSPS) is 10.8. The third kappa shape index (κ3) is 2.34. The molecule has 0 saturated carbocycles. The summed E-state index contributed by atoms with van der Waals surface area (Å²) in [5.41, 5.74) is 3.43. The fraction of sp³-hybridized carbons (Fsp3) is 0.133. The first kappa shape index (κ1) is 13.5. The summed E-state index contributed by atoms with van der Waals surface area (Å²) in [6, 6.07) is 9.74. The van der Waals surface area contributed by atoms with Crippen molar-refractivity contribution in [2.75, 3.05) is 0 Å². The lowest BCUT2D eigenvalue weighted by Crippen LogP contribution is -2.04. The predicted molar refractivity (Wildman–Crippen MR) is 81.1 cm³/mol. The van der Waals surface area contributed by atoms with Gasteiger partial charge in [0.1, 0.15) is 5.69 Å². The number of hydrogen-bond acceptors (Lipinski definition) is 4. The minimum absolute atomic E-state index is 0.0293. The van der Waals surface area contributed by atoms with E-state index in [2.05, 4.69) is 10.3 Å². The highest BCUT2D eigenvalue weighted by Gasteiger charge is 2.22. The number of rotatable bonds is 3. The lowest BCUT2D eigenvalue weighted by molar-refractivity contribution is 0.0691. The molecule has 0 amide bonds. The average molecular weight is 299 g/mol. The highest BCUT2D eigenvalue weighted by atomic mass is 32.1. The molecule has 5 nitrogen and oxygen atoms in total. The summed E-state index contributed by atoms with van der Waals surface area (Å²) < 4.78 is 1.61. The summed E-state index contributed by atoms with van der Waals surface area (Å²) in [6.07, 6.45) is 0. The second-order valence-electron chi connectivity index (χ2n) is 4.77. The molecule has 2 heterocycles. The van der Waals surface area contributed by atoms with Gasteiger partial charge < -0.3 is 5.11 Å². The van der Waals surface area contributed by atoms with Crippen LogP contribution in [-0.4, -0.2) is 26.1 Å². The fourth-order valence-corrected chi connectivity index (χ4v) is 2.93. The Morgan fingerprint density at radius 3 is 2.76 bits per heavy atom. The number of nitrogens with zero attached hydrogens (tertiary/aromatic N) is 3. The smallest absolute Gasteiger partial charge is 0.358 e. The molecule has 0 fully saturated rings. The number of thiophene rings is 1. The maximum Gasteiger partial charge on any atom is 0.358 e. The van der Waals surface area contributed by atoms with Gasteiger partial charge in [-0.1, -0.05) is 23.4 Å². The van der Waals surface area contributed by atoms with E-state index in [1.165, 1.54) is 11.3 Å². The first-order chi connectivity index (χ1) is 10.1. The van der Waals surface area contributed by atoms with Crippen molar-refractivity contribution in [3.63, 3.8) is 0 Å². The first-order valence-electron chi connectivity index (χ1n) is 6.38. The third-order valence-corrected chi connectivity index (χ3v) is 4.10. The molecular formula is C15H13N3O2S. The van der Waals surface area contributed by atoms with E-state index >= 15 is 0 Å². The van der Waals surface area contributed by atoms with E-state index in [4.69, 9.17) is 0 Å². The number of aromatic carboxylic acids is 1. The monoisotopic (exact) mass is 299 g/mol. The van der Waals surface area contributed by atoms with Gasteiger partial charge in [-0.15, -0.1) is 16.4 Å². The van der Waals surface area contributed by atoms with Crippen LogP contribution < -0.4 is 0 Å². The molecule has 3 rings (SSSR count). The number of hydrogen-bond donors (Lipinski definition) is 1. The topological polar surface area (TPSA) is 68.0 Å². The molecule has 0 radical (unpaired) electrons. The van der Waals surface area contributed by atoms with Gasteiger partial charge >= 0.3 is 5.97 Å². The van der Waals surface area contributed by atoms with Crippen LogP contribution in [0.1, 0.15) is 21.6 Å². The van der Waals surface area contributed by atoms with Crippen LogP contribution in [0.2, 0.25) is 0 Å². The standard InChI is InChI=1S/C15H13N3O2S/c1-9-5-6-10(2)11(8-9)18-14(12-4-3-7-21-12)13(15(19)20)16-17-18/h3-8H,1-2H3,(H,19,20). The van der Waals surface area contributed by atoms with Gasteiger partial charge in [0, 0.05) is 0 Å². The second kappa shape index (κ2) is 5.14. The first-order valence-corrected chi connectivity index (χ1v) is 7.26. The van der Waals surface area contributed by atoms with Crippen LogP contribution in [0.25, 0.3) is 16.3 Å². The van der Waals surface area contributed by atoms with Crippen molar-refractivity contribution in [1.29, 1.82) is 0 Å². The molecule has 0 spiro atoms. The van der Waals surface area contributed by atoms with Gasteiger partial charge in [-0.05, 0) is 42.5 Å². The van der Waals surface area contributed by atoms with Crippen molar-refractivity contribution >= 4 is 17.3 Å². The van der Waals surface area contributed by atoms with E-state index in [9.17, 15) is 9.90 Å². The molecule has 106 valence electrons. The van der Waals surface area contributed by atoms with Crippen LogP contribution in [0.5, 0.6) is 0 Å². The van der Waals surface area contributed by atoms with Crippen molar-refractivity contribution < 1.29 is 9.90 Å². The summed E-state index contributed by atoms with van der Waals surface area (Å²) in [5.74, 6) is -1.07. The maximum absolute atomic E-state index is 11.4. The highest BCUT2D eigenvalue weighted by molar-refractivity contribution is 7.13. The molecule has 0 atom stereocenters. The van der Waals surface area contributed by atoms with E-state index in [0.717, 1.165) is 21.7 Å². The molecule has 0 bridgehead atoms. The summed E-state index contributed by atoms with van der Waals surface area (Å²) in [4.78, 5) is 12.2. The second-order valence-corrected chi connectivity index (χ2v) is 5.72. The molecule has 1 aromatic carbocycles. The van der Waals surface area contributed by atoms with Crippen molar-refractivity contribution in [3.05, 3.63) is 52.5 Å². The van der Waals surface area contributed by atoms with E-state index in [0.29, 0.717) is 5.69 Å². The molecule has 0 aliphatic rings. The summed E-state index contributed by atoms with van der Waals surface area (Å²) in [5, 5.41) is 19.1. The lowest BCUT2D eigenvalue weighted by Gasteiger charge is -2.09. The number of benzene rings is 1. The Kier molecular flexibility index (Phi) is 3.31. The minimum atomic E-state index is -1.07. The predicted octanol–water partition coefficient (Wildman–Crippen LogP) is 3.31. The van der Waals surface area contributed by atoms with Gasteiger partial charge in [0.25, 0.3) is 0 Å². The molecular weight excluding hydrogens is 286 g/mol. The van der Waals surface area contributed by atoms with Crippen LogP contribution in [0.4, 0.5) is 0 Å². The lowest BCUT2D eigenvalue weighted by atomic mass is 10.1. The van der Waals surface area contributed by atoms with E-state index in [-0.39, 0.29) is 5.69 Å². The van der Waals surface area contributed by atoms with Crippen LogP contribution in [0.3, 0.4) is 0 Å². The quantitative estimate of drug-likeness (QED) is 0.805. The van der Waals surface area contributed by atoms with Crippen LogP contribution in [-0.2, 0) is 0 Å². The van der Waals surface area contributed by atoms with Crippen molar-refractivity contribution in [2.45, 2.75) is 13.8 Å². The molecule has 0 saturated heterocycles. The SMILES string of the molecule is Cc1ccc(C)c(-n2nnc(C(=O)O)c2-c2cccs2)c1. The number of aromatic nitrogens is 3. The van der Waals surface area contributed by atoms with Crippen LogP contribution in [0.15, 0.2) is 35.7 Å². The fourth-order valence-electron chi connectivity index (χ4n) is 2.18. The highest BCUT2D eigenvalue weighted by Crippen LogP contribution is 2.30. The Hall–Kier alpha value is -2.47. The Morgan fingerprint density at radius 1 is 1.29 bits per heavy atom. The Balaban J connectivity index is 2.29. The van der Waals surface area contributed by atoms with Crippen LogP contribution >= 0.6 is 11.3 Å². The summed E-state index contributed by atoms with van der Waals surface area (Å²) in [7, 11) is 0. The summed E-state index contributed by atoms with van der Waals surface area (Å²) >= 11 is 1.47. The van der Waals surface area contributed by atoms with Gasteiger partial charge in [0.2, 0.25) is 0 Å². The largest absolute Gasteiger partial charge is 0.476 e. The molecule has 1 N–H and O–H groups in total. The zero-order valence-electron chi connectivity index (χ0n) is 11.6. The van der Waals surface area contributed by atoms with Gasteiger partial charge in [-0.3, -0.25) is 0 Å². The van der Waals surface area contributed by atoms with Crippen LogP contribution in [0, 0.1) is 13.8 Å². The van der Waals surface area contributed by atoms with Gasteiger partial charge in [0.05, 0.1) is 10.6 Å². The van der Waals surface area contributed by atoms with E-state index < -0.39 is 5.97 Å². The molecule has 0 unspecified atom stereocenters. The van der Waals surface area contributed by atoms with Gasteiger partial charge in [-0.2, -0.15) is 0 Å². The molecule has 0 aliphatic heterocycles. The van der Waals surface area contributed by atoms with Gasteiger partial charge in [0.15, 0.2) is 5.69 Å².